The van der Waals surface area contributed by atoms with Gasteiger partial charge in [0, 0.05) is 24.0 Å². The van der Waals surface area contributed by atoms with Crippen LogP contribution in [-0.4, -0.2) is 29.0 Å². The zero-order valence-electron chi connectivity index (χ0n) is 15.8. The normalized spacial score (nSPS) is 10.5. The first-order chi connectivity index (χ1) is 13.7. The Balaban J connectivity index is 1.31. The summed E-state index contributed by atoms with van der Waals surface area (Å²) in [6.07, 6.45) is 2.73. The number of hydrogen-bond donors (Lipinski definition) is 1. The molecule has 3 rings (SSSR count). The van der Waals surface area contributed by atoms with E-state index >= 15 is 0 Å². The fourth-order valence-electron chi connectivity index (χ4n) is 2.41. The molecule has 2 heterocycles. The molecule has 0 aliphatic rings. The second kappa shape index (κ2) is 10.4. The van der Waals surface area contributed by atoms with Crippen LogP contribution in [0.4, 0.5) is 0 Å². The van der Waals surface area contributed by atoms with Gasteiger partial charge in [-0.2, -0.15) is 0 Å². The molecule has 6 nitrogen and oxygen atoms in total. The molecule has 1 amide bonds. The molecule has 0 saturated heterocycles. The van der Waals surface area contributed by atoms with E-state index in [2.05, 4.69) is 15.3 Å². The van der Waals surface area contributed by atoms with Gasteiger partial charge in [-0.15, -0.1) is 11.3 Å². The average molecular weight is 398 g/mol. The summed E-state index contributed by atoms with van der Waals surface area (Å²) >= 11 is 1.55. The van der Waals surface area contributed by atoms with Crippen molar-refractivity contribution in [3.8, 4) is 11.5 Å². The number of pyridine rings is 1. The lowest BCUT2D eigenvalue weighted by Gasteiger charge is -2.06. The summed E-state index contributed by atoms with van der Waals surface area (Å²) in [5.41, 5.74) is 1.91. The van der Waals surface area contributed by atoms with Crippen molar-refractivity contribution in [2.75, 3.05) is 13.2 Å². The third kappa shape index (κ3) is 6.66. The van der Waals surface area contributed by atoms with Gasteiger partial charge in [0.1, 0.15) is 23.1 Å². The molecule has 0 unspecified atom stereocenters. The second-order valence-electron chi connectivity index (χ2n) is 6.17. The van der Waals surface area contributed by atoms with Crippen molar-refractivity contribution in [2.45, 2.75) is 26.4 Å². The first kappa shape index (κ1) is 19.8. The highest BCUT2D eigenvalue weighted by molar-refractivity contribution is 7.09. The van der Waals surface area contributed by atoms with E-state index in [0.717, 1.165) is 27.9 Å². The van der Waals surface area contributed by atoms with Gasteiger partial charge in [0.15, 0.2) is 0 Å². The highest BCUT2D eigenvalue weighted by atomic mass is 32.1. The van der Waals surface area contributed by atoms with Crippen LogP contribution in [0.5, 0.6) is 11.5 Å². The molecular formula is C21H23N3O3S. The number of para-hydroxylation sites is 1. The molecule has 1 aromatic carbocycles. The molecule has 0 aliphatic heterocycles. The Kier molecular flexibility index (Phi) is 7.37. The number of nitrogens with one attached hydrogen (secondary N) is 1. The van der Waals surface area contributed by atoms with Gasteiger partial charge in [-0.3, -0.25) is 9.78 Å². The van der Waals surface area contributed by atoms with E-state index in [1.54, 1.807) is 17.5 Å². The molecule has 0 saturated carbocycles. The topological polar surface area (TPSA) is 73.3 Å². The number of nitrogens with zero attached hydrogens (tertiary/aromatic N) is 2. The molecule has 146 valence electrons. The Hall–Kier alpha value is -2.93. The van der Waals surface area contributed by atoms with E-state index in [1.807, 2.05) is 54.8 Å². The van der Waals surface area contributed by atoms with E-state index in [0.29, 0.717) is 32.6 Å². The van der Waals surface area contributed by atoms with Crippen LogP contribution in [0.25, 0.3) is 0 Å². The van der Waals surface area contributed by atoms with Gasteiger partial charge in [-0.05, 0) is 31.2 Å². The number of thiazole rings is 1. The molecule has 3 aromatic rings. The molecule has 0 aliphatic carbocycles. The fourth-order valence-corrected chi connectivity index (χ4v) is 3.15. The highest BCUT2D eigenvalue weighted by Gasteiger charge is 2.06. The van der Waals surface area contributed by atoms with Gasteiger partial charge >= 0.3 is 0 Å². The quantitative estimate of drug-likeness (QED) is 0.566. The summed E-state index contributed by atoms with van der Waals surface area (Å²) < 4.78 is 11.2. The second-order valence-corrected chi connectivity index (χ2v) is 7.11. The molecule has 2 aromatic heterocycles. The van der Waals surface area contributed by atoms with E-state index in [-0.39, 0.29) is 5.91 Å². The van der Waals surface area contributed by atoms with Crippen molar-refractivity contribution in [3.05, 3.63) is 70.4 Å². The molecule has 0 fully saturated rings. The van der Waals surface area contributed by atoms with Crippen LogP contribution in [0.1, 0.15) is 22.8 Å². The maximum Gasteiger partial charge on any atom is 0.223 e. The summed E-state index contributed by atoms with van der Waals surface area (Å²) in [7, 11) is 0. The van der Waals surface area contributed by atoms with Crippen LogP contribution < -0.4 is 14.8 Å². The Labute approximate surface area is 168 Å². The van der Waals surface area contributed by atoms with Crippen LogP contribution in [0.3, 0.4) is 0 Å². The monoisotopic (exact) mass is 397 g/mol. The number of hydrogen-bond acceptors (Lipinski definition) is 6. The van der Waals surface area contributed by atoms with Gasteiger partial charge in [0.25, 0.3) is 0 Å². The number of carbonyl (C=O) groups is 1. The largest absolute Gasteiger partial charge is 0.493 e. The van der Waals surface area contributed by atoms with Gasteiger partial charge in [0.05, 0.1) is 24.9 Å². The third-order valence-corrected chi connectivity index (χ3v) is 4.76. The standard InChI is InChI=1S/C21H23N3O3S/c1-16-7-8-19(13-23-16)27-14-21-24-17(15-28-21)9-11-22-20(25)10-12-26-18-5-3-2-4-6-18/h2-8,13,15H,9-12,14H2,1H3,(H,22,25). The van der Waals surface area contributed by atoms with E-state index < -0.39 is 0 Å². The summed E-state index contributed by atoms with van der Waals surface area (Å²) in [6, 6.07) is 13.3. The minimum Gasteiger partial charge on any atom is -0.493 e. The van der Waals surface area contributed by atoms with E-state index in [4.69, 9.17) is 9.47 Å². The molecule has 0 atom stereocenters. The Morgan fingerprint density at radius 2 is 1.96 bits per heavy atom. The number of rotatable bonds is 10. The first-order valence-electron chi connectivity index (χ1n) is 9.12. The Morgan fingerprint density at radius 1 is 1.11 bits per heavy atom. The van der Waals surface area contributed by atoms with Crippen LogP contribution >= 0.6 is 11.3 Å². The molecule has 0 radical (unpaired) electrons. The molecule has 28 heavy (non-hydrogen) atoms. The number of aromatic nitrogens is 2. The summed E-state index contributed by atoms with van der Waals surface area (Å²) in [5, 5.41) is 5.79. The number of carbonyl (C=O) groups excluding carboxylic acids is 1. The third-order valence-electron chi connectivity index (χ3n) is 3.89. The Morgan fingerprint density at radius 3 is 2.75 bits per heavy atom. The predicted octanol–water partition coefficient (Wildman–Crippen LogP) is 3.55. The molecule has 7 heteroatoms. The minimum absolute atomic E-state index is 0.0263. The molecule has 0 spiro atoms. The van der Waals surface area contributed by atoms with Gasteiger partial charge in [0.2, 0.25) is 5.91 Å². The van der Waals surface area contributed by atoms with Crippen molar-refractivity contribution < 1.29 is 14.3 Å². The van der Waals surface area contributed by atoms with Crippen molar-refractivity contribution in [1.82, 2.24) is 15.3 Å². The smallest absolute Gasteiger partial charge is 0.223 e. The lowest BCUT2D eigenvalue weighted by molar-refractivity contribution is -0.121. The van der Waals surface area contributed by atoms with Crippen molar-refractivity contribution in [1.29, 1.82) is 0 Å². The predicted molar refractivity (Wildman–Crippen MR) is 109 cm³/mol. The molecular weight excluding hydrogens is 374 g/mol. The maximum atomic E-state index is 11.9. The SMILES string of the molecule is Cc1ccc(OCc2nc(CCNC(=O)CCOc3ccccc3)cs2)cn1. The lowest BCUT2D eigenvalue weighted by Crippen LogP contribution is -2.27. The van der Waals surface area contributed by atoms with Crippen LogP contribution in [0, 0.1) is 6.92 Å². The van der Waals surface area contributed by atoms with E-state index in [9.17, 15) is 4.79 Å². The summed E-state index contributed by atoms with van der Waals surface area (Å²) in [4.78, 5) is 20.6. The summed E-state index contributed by atoms with van der Waals surface area (Å²) in [5.74, 6) is 1.47. The fraction of sp³-hybridized carbons (Fsp3) is 0.286. The summed E-state index contributed by atoms with van der Waals surface area (Å²) in [6.45, 7) is 3.27. The van der Waals surface area contributed by atoms with Crippen molar-refractivity contribution >= 4 is 17.2 Å². The average Bonchev–Trinajstić information content (AvgIpc) is 3.16. The van der Waals surface area contributed by atoms with Crippen LogP contribution in [0.15, 0.2) is 54.0 Å². The lowest BCUT2D eigenvalue weighted by atomic mass is 10.3. The minimum atomic E-state index is -0.0263. The maximum absolute atomic E-state index is 11.9. The van der Waals surface area contributed by atoms with Crippen LogP contribution in [-0.2, 0) is 17.8 Å². The zero-order chi connectivity index (χ0) is 19.6. The molecule has 0 bridgehead atoms. The Bertz CT molecular complexity index is 866. The van der Waals surface area contributed by atoms with Crippen LogP contribution in [0.2, 0.25) is 0 Å². The number of aryl methyl sites for hydroxylation is 1. The van der Waals surface area contributed by atoms with E-state index in [1.165, 1.54) is 0 Å². The van der Waals surface area contributed by atoms with Crippen molar-refractivity contribution in [2.24, 2.45) is 0 Å². The van der Waals surface area contributed by atoms with Crippen molar-refractivity contribution in [3.63, 3.8) is 0 Å². The molecule has 1 N–H and O–H groups in total. The van der Waals surface area contributed by atoms with Gasteiger partial charge in [-0.1, -0.05) is 18.2 Å². The van der Waals surface area contributed by atoms with Gasteiger partial charge in [-0.25, -0.2) is 4.98 Å². The van der Waals surface area contributed by atoms with Gasteiger partial charge < -0.3 is 14.8 Å². The number of amides is 1. The zero-order valence-corrected chi connectivity index (χ0v) is 16.6. The number of ether oxygens (including phenoxy) is 2. The number of benzene rings is 1. The highest BCUT2D eigenvalue weighted by Crippen LogP contribution is 2.15. The first-order valence-corrected chi connectivity index (χ1v) is 10.0.